The van der Waals surface area contributed by atoms with Gasteiger partial charge in [-0.2, -0.15) is 0 Å². The first-order valence-electron chi connectivity index (χ1n) is 7.76. The van der Waals surface area contributed by atoms with Gasteiger partial charge in [0.1, 0.15) is 0 Å². The highest BCUT2D eigenvalue weighted by atomic mass is 16.2. The molecule has 1 aromatic carbocycles. The fourth-order valence-corrected chi connectivity index (χ4v) is 2.91. The van der Waals surface area contributed by atoms with E-state index >= 15 is 0 Å². The molecule has 1 amide bonds. The lowest BCUT2D eigenvalue weighted by Gasteiger charge is -2.32. The van der Waals surface area contributed by atoms with Gasteiger partial charge in [-0.25, -0.2) is 0 Å². The van der Waals surface area contributed by atoms with Crippen molar-refractivity contribution < 1.29 is 4.79 Å². The van der Waals surface area contributed by atoms with E-state index in [1.165, 1.54) is 5.56 Å². The standard InChI is InChI=1S/C17H26N2O/c1-18-11-5-8-17(20)19-12-9-16(10-13-19)14-15-6-3-2-4-7-15/h2-4,6-7,16,18H,5,8-14H2,1H3. The zero-order chi connectivity index (χ0) is 14.2. The Balaban J connectivity index is 1.71. The molecule has 0 bridgehead atoms. The fourth-order valence-electron chi connectivity index (χ4n) is 2.91. The molecule has 3 nitrogen and oxygen atoms in total. The van der Waals surface area contributed by atoms with Crippen LogP contribution in [-0.2, 0) is 11.2 Å². The largest absolute Gasteiger partial charge is 0.343 e. The number of benzene rings is 1. The Kier molecular flexibility index (Phi) is 6.06. The first-order chi connectivity index (χ1) is 9.79. The summed E-state index contributed by atoms with van der Waals surface area (Å²) >= 11 is 0. The van der Waals surface area contributed by atoms with Gasteiger partial charge in [-0.3, -0.25) is 4.79 Å². The molecule has 0 atom stereocenters. The molecule has 1 aliphatic heterocycles. The Bertz CT molecular complexity index is 397. The minimum Gasteiger partial charge on any atom is -0.343 e. The van der Waals surface area contributed by atoms with Gasteiger partial charge in [0.15, 0.2) is 0 Å². The molecule has 1 fully saturated rings. The first kappa shape index (κ1) is 15.0. The average Bonchev–Trinajstić information content (AvgIpc) is 2.49. The minimum absolute atomic E-state index is 0.332. The van der Waals surface area contributed by atoms with Crippen LogP contribution in [0.3, 0.4) is 0 Å². The van der Waals surface area contributed by atoms with Gasteiger partial charge < -0.3 is 10.2 Å². The van der Waals surface area contributed by atoms with E-state index < -0.39 is 0 Å². The molecule has 1 aliphatic rings. The molecule has 0 radical (unpaired) electrons. The van der Waals surface area contributed by atoms with E-state index in [9.17, 15) is 4.79 Å². The molecular weight excluding hydrogens is 248 g/mol. The van der Waals surface area contributed by atoms with Crippen LogP contribution in [0.25, 0.3) is 0 Å². The van der Waals surface area contributed by atoms with Crippen LogP contribution in [-0.4, -0.2) is 37.5 Å². The second-order valence-electron chi connectivity index (χ2n) is 5.72. The van der Waals surface area contributed by atoms with Crippen LogP contribution in [0.5, 0.6) is 0 Å². The number of rotatable bonds is 6. The Labute approximate surface area is 122 Å². The van der Waals surface area contributed by atoms with E-state index in [1.54, 1.807) is 0 Å². The maximum absolute atomic E-state index is 12.0. The Morgan fingerprint density at radius 1 is 1.25 bits per heavy atom. The highest BCUT2D eigenvalue weighted by Gasteiger charge is 2.22. The highest BCUT2D eigenvalue weighted by molar-refractivity contribution is 5.76. The van der Waals surface area contributed by atoms with Gasteiger partial charge >= 0.3 is 0 Å². The third kappa shape index (κ3) is 4.64. The van der Waals surface area contributed by atoms with Crippen molar-refractivity contribution in [2.75, 3.05) is 26.7 Å². The van der Waals surface area contributed by atoms with Crippen molar-refractivity contribution in [2.45, 2.75) is 32.1 Å². The third-order valence-electron chi connectivity index (χ3n) is 4.15. The molecule has 0 saturated carbocycles. The number of carbonyl (C=O) groups is 1. The summed E-state index contributed by atoms with van der Waals surface area (Å²) in [6.45, 7) is 2.81. The lowest BCUT2D eigenvalue weighted by atomic mass is 9.90. The quantitative estimate of drug-likeness (QED) is 0.808. The number of nitrogens with zero attached hydrogens (tertiary/aromatic N) is 1. The Morgan fingerprint density at radius 3 is 2.60 bits per heavy atom. The van der Waals surface area contributed by atoms with E-state index in [1.807, 2.05) is 7.05 Å². The molecule has 110 valence electrons. The van der Waals surface area contributed by atoms with Gasteiger partial charge in [-0.05, 0) is 50.8 Å². The molecule has 0 unspecified atom stereocenters. The number of hydrogen-bond donors (Lipinski definition) is 1. The number of amides is 1. The zero-order valence-corrected chi connectivity index (χ0v) is 12.5. The lowest BCUT2D eigenvalue weighted by Crippen LogP contribution is -2.39. The molecule has 1 saturated heterocycles. The van der Waals surface area contributed by atoms with Crippen LogP contribution in [0.2, 0.25) is 0 Å². The average molecular weight is 274 g/mol. The Hall–Kier alpha value is -1.35. The summed E-state index contributed by atoms with van der Waals surface area (Å²) in [5, 5.41) is 3.09. The third-order valence-corrected chi connectivity index (χ3v) is 4.15. The number of hydrogen-bond acceptors (Lipinski definition) is 2. The van der Waals surface area contributed by atoms with Crippen molar-refractivity contribution in [1.82, 2.24) is 10.2 Å². The van der Waals surface area contributed by atoms with E-state index in [0.29, 0.717) is 12.3 Å². The molecule has 20 heavy (non-hydrogen) atoms. The molecule has 0 spiro atoms. The van der Waals surface area contributed by atoms with Crippen LogP contribution < -0.4 is 5.32 Å². The van der Waals surface area contributed by atoms with E-state index in [4.69, 9.17) is 0 Å². The minimum atomic E-state index is 0.332. The molecule has 1 heterocycles. The lowest BCUT2D eigenvalue weighted by molar-refractivity contribution is -0.132. The van der Waals surface area contributed by atoms with E-state index in [2.05, 4.69) is 40.5 Å². The summed E-state index contributed by atoms with van der Waals surface area (Å²) in [6.07, 6.45) is 5.07. The van der Waals surface area contributed by atoms with E-state index in [0.717, 1.165) is 51.2 Å². The van der Waals surface area contributed by atoms with Gasteiger partial charge in [0, 0.05) is 19.5 Å². The van der Waals surface area contributed by atoms with Gasteiger partial charge in [0.05, 0.1) is 0 Å². The molecule has 0 aliphatic carbocycles. The second kappa shape index (κ2) is 8.05. The van der Waals surface area contributed by atoms with Crippen LogP contribution in [0.15, 0.2) is 30.3 Å². The van der Waals surface area contributed by atoms with Crippen molar-refractivity contribution in [2.24, 2.45) is 5.92 Å². The van der Waals surface area contributed by atoms with Crippen LogP contribution in [0, 0.1) is 5.92 Å². The molecule has 3 heteroatoms. The van der Waals surface area contributed by atoms with Crippen molar-refractivity contribution in [3.8, 4) is 0 Å². The van der Waals surface area contributed by atoms with E-state index in [-0.39, 0.29) is 0 Å². The molecule has 0 aromatic heterocycles. The molecular formula is C17H26N2O. The van der Waals surface area contributed by atoms with Crippen molar-refractivity contribution >= 4 is 5.91 Å². The monoisotopic (exact) mass is 274 g/mol. The number of likely N-dealkylation sites (tertiary alicyclic amines) is 1. The van der Waals surface area contributed by atoms with Gasteiger partial charge in [-0.15, -0.1) is 0 Å². The summed E-state index contributed by atoms with van der Waals surface area (Å²) in [5.41, 5.74) is 1.42. The zero-order valence-electron chi connectivity index (χ0n) is 12.5. The number of carbonyl (C=O) groups excluding carboxylic acids is 1. The SMILES string of the molecule is CNCCCC(=O)N1CCC(Cc2ccccc2)CC1. The summed E-state index contributed by atoms with van der Waals surface area (Å²) < 4.78 is 0. The normalized spacial score (nSPS) is 16.4. The van der Waals surface area contributed by atoms with Gasteiger partial charge in [0.25, 0.3) is 0 Å². The van der Waals surface area contributed by atoms with Crippen molar-refractivity contribution in [1.29, 1.82) is 0 Å². The van der Waals surface area contributed by atoms with Crippen LogP contribution >= 0.6 is 0 Å². The fraction of sp³-hybridized carbons (Fsp3) is 0.588. The highest BCUT2D eigenvalue weighted by Crippen LogP contribution is 2.22. The first-order valence-corrected chi connectivity index (χ1v) is 7.76. The predicted octanol–water partition coefficient (Wildman–Crippen LogP) is 2.47. The summed E-state index contributed by atoms with van der Waals surface area (Å²) in [4.78, 5) is 14.1. The van der Waals surface area contributed by atoms with Crippen molar-refractivity contribution in [3.05, 3.63) is 35.9 Å². The molecule has 2 rings (SSSR count). The van der Waals surface area contributed by atoms with Crippen LogP contribution in [0.4, 0.5) is 0 Å². The summed E-state index contributed by atoms with van der Waals surface area (Å²) in [7, 11) is 1.93. The predicted molar refractivity (Wildman–Crippen MR) is 82.6 cm³/mol. The maximum Gasteiger partial charge on any atom is 0.222 e. The van der Waals surface area contributed by atoms with Crippen LogP contribution in [0.1, 0.15) is 31.2 Å². The second-order valence-corrected chi connectivity index (χ2v) is 5.72. The summed E-state index contributed by atoms with van der Waals surface area (Å²) in [5.74, 6) is 1.07. The van der Waals surface area contributed by atoms with Gasteiger partial charge in [-0.1, -0.05) is 30.3 Å². The topological polar surface area (TPSA) is 32.3 Å². The molecule has 1 aromatic rings. The number of nitrogens with one attached hydrogen (secondary N) is 1. The number of piperidine rings is 1. The van der Waals surface area contributed by atoms with Crippen molar-refractivity contribution in [3.63, 3.8) is 0 Å². The Morgan fingerprint density at radius 2 is 1.95 bits per heavy atom. The van der Waals surface area contributed by atoms with Gasteiger partial charge in [0.2, 0.25) is 5.91 Å². The molecule has 1 N–H and O–H groups in total. The smallest absolute Gasteiger partial charge is 0.222 e. The summed E-state index contributed by atoms with van der Waals surface area (Å²) in [6, 6.07) is 10.7. The maximum atomic E-state index is 12.0.